The van der Waals surface area contributed by atoms with Crippen LogP contribution in [0.15, 0.2) is 30.3 Å². The van der Waals surface area contributed by atoms with Crippen molar-refractivity contribution >= 4 is 5.97 Å². The zero-order valence-electron chi connectivity index (χ0n) is 11.3. The minimum Gasteiger partial charge on any atom is -0.478 e. The molecule has 0 amide bonds. The lowest BCUT2D eigenvalue weighted by atomic mass is 10.1. The van der Waals surface area contributed by atoms with E-state index in [0.717, 1.165) is 10.7 Å². The number of aromatic carboxylic acids is 1. The van der Waals surface area contributed by atoms with E-state index in [-0.39, 0.29) is 17.2 Å². The Bertz CT molecular complexity index is 675. The van der Waals surface area contributed by atoms with Gasteiger partial charge in [-0.1, -0.05) is 26.0 Å². The molecule has 0 atom stereocenters. The number of benzene rings is 1. The van der Waals surface area contributed by atoms with Gasteiger partial charge in [-0.2, -0.15) is 18.3 Å². The molecule has 1 aromatic carbocycles. The van der Waals surface area contributed by atoms with Gasteiger partial charge in [-0.05, 0) is 24.1 Å². The summed E-state index contributed by atoms with van der Waals surface area (Å²) in [4.78, 5) is 11.2. The molecule has 0 radical (unpaired) electrons. The summed E-state index contributed by atoms with van der Waals surface area (Å²) in [6, 6.07) is 6.78. The van der Waals surface area contributed by atoms with Gasteiger partial charge in [0, 0.05) is 5.69 Å². The van der Waals surface area contributed by atoms with Crippen LogP contribution in [0.4, 0.5) is 13.2 Å². The fraction of sp³-hybridized carbons (Fsp3) is 0.286. The van der Waals surface area contributed by atoms with Crippen LogP contribution in [0.1, 0.15) is 41.5 Å². The van der Waals surface area contributed by atoms with Gasteiger partial charge in [-0.3, -0.25) is 0 Å². The van der Waals surface area contributed by atoms with Crippen molar-refractivity contribution in [2.45, 2.75) is 25.9 Å². The van der Waals surface area contributed by atoms with Crippen molar-refractivity contribution in [3.63, 3.8) is 0 Å². The Morgan fingerprint density at radius 1 is 1.29 bits per heavy atom. The van der Waals surface area contributed by atoms with Crippen LogP contribution in [0.3, 0.4) is 0 Å². The molecule has 0 fully saturated rings. The molecule has 2 aromatic rings. The first-order valence-corrected chi connectivity index (χ1v) is 6.21. The molecule has 1 heterocycles. The largest absolute Gasteiger partial charge is 0.478 e. The summed E-state index contributed by atoms with van der Waals surface area (Å²) in [6.07, 6.45) is -4.58. The maximum absolute atomic E-state index is 12.8. The fourth-order valence-corrected chi connectivity index (χ4v) is 1.98. The van der Waals surface area contributed by atoms with Crippen molar-refractivity contribution in [3.05, 3.63) is 47.3 Å². The molecule has 2 rings (SSSR count). The van der Waals surface area contributed by atoms with Crippen LogP contribution < -0.4 is 0 Å². The zero-order valence-corrected chi connectivity index (χ0v) is 11.3. The molecule has 21 heavy (non-hydrogen) atoms. The SMILES string of the molecule is CC(C)c1cc(C(F)(F)F)nn1-c1ccccc1C(=O)O. The molecular formula is C14H13F3N2O2. The van der Waals surface area contributed by atoms with Gasteiger partial charge < -0.3 is 5.11 Å². The Morgan fingerprint density at radius 3 is 2.43 bits per heavy atom. The van der Waals surface area contributed by atoms with Gasteiger partial charge >= 0.3 is 12.1 Å². The summed E-state index contributed by atoms with van der Waals surface area (Å²) in [7, 11) is 0. The molecule has 1 N–H and O–H groups in total. The van der Waals surface area contributed by atoms with Crippen molar-refractivity contribution in [1.29, 1.82) is 0 Å². The van der Waals surface area contributed by atoms with Crippen LogP contribution >= 0.6 is 0 Å². The van der Waals surface area contributed by atoms with E-state index in [1.54, 1.807) is 19.9 Å². The topological polar surface area (TPSA) is 55.1 Å². The van der Waals surface area contributed by atoms with Crippen LogP contribution in [-0.2, 0) is 6.18 Å². The van der Waals surface area contributed by atoms with E-state index in [4.69, 9.17) is 5.11 Å². The Morgan fingerprint density at radius 2 is 1.90 bits per heavy atom. The lowest BCUT2D eigenvalue weighted by Gasteiger charge is -2.12. The molecule has 7 heteroatoms. The van der Waals surface area contributed by atoms with Gasteiger partial charge in [0.1, 0.15) is 0 Å². The molecule has 0 bridgehead atoms. The standard InChI is InChI=1S/C14H13F3N2O2/c1-8(2)11-7-12(14(15,16)17)18-19(11)10-6-4-3-5-9(10)13(20)21/h3-8H,1-2H3,(H,20,21). The number of carboxylic acid groups (broad SMARTS) is 1. The number of carbonyl (C=O) groups is 1. The second-order valence-electron chi connectivity index (χ2n) is 4.84. The zero-order chi connectivity index (χ0) is 15.8. The van der Waals surface area contributed by atoms with Crippen LogP contribution in [0.2, 0.25) is 0 Å². The molecule has 0 aliphatic carbocycles. The van der Waals surface area contributed by atoms with Crippen molar-refractivity contribution < 1.29 is 23.1 Å². The predicted molar refractivity (Wildman–Crippen MR) is 69.6 cm³/mol. The van der Waals surface area contributed by atoms with Gasteiger partial charge in [0.25, 0.3) is 0 Å². The first-order valence-electron chi connectivity index (χ1n) is 6.21. The third-order valence-electron chi connectivity index (χ3n) is 2.98. The van der Waals surface area contributed by atoms with E-state index in [9.17, 15) is 18.0 Å². The second-order valence-corrected chi connectivity index (χ2v) is 4.84. The first-order chi connectivity index (χ1) is 9.71. The van der Waals surface area contributed by atoms with Crippen molar-refractivity contribution in [1.82, 2.24) is 9.78 Å². The minimum absolute atomic E-state index is 0.101. The van der Waals surface area contributed by atoms with Crippen LogP contribution in [0.25, 0.3) is 5.69 Å². The summed E-state index contributed by atoms with van der Waals surface area (Å²) < 4.78 is 39.5. The number of para-hydroxylation sites is 1. The molecule has 0 unspecified atom stereocenters. The van der Waals surface area contributed by atoms with Gasteiger partial charge in [0.2, 0.25) is 0 Å². The van der Waals surface area contributed by atoms with E-state index in [2.05, 4.69) is 5.10 Å². The molecule has 0 aliphatic heterocycles. The van der Waals surface area contributed by atoms with Crippen LogP contribution in [0, 0.1) is 0 Å². The van der Waals surface area contributed by atoms with Crippen LogP contribution in [-0.4, -0.2) is 20.9 Å². The van der Waals surface area contributed by atoms with Gasteiger partial charge in [0.15, 0.2) is 5.69 Å². The maximum atomic E-state index is 12.8. The molecular weight excluding hydrogens is 285 g/mol. The maximum Gasteiger partial charge on any atom is 0.435 e. The van der Waals surface area contributed by atoms with E-state index < -0.39 is 17.8 Å². The van der Waals surface area contributed by atoms with Gasteiger partial charge in [-0.15, -0.1) is 0 Å². The van der Waals surface area contributed by atoms with E-state index in [1.807, 2.05) is 0 Å². The first kappa shape index (κ1) is 15.1. The average molecular weight is 298 g/mol. The van der Waals surface area contributed by atoms with Crippen molar-refractivity contribution in [2.24, 2.45) is 0 Å². The Balaban J connectivity index is 2.69. The smallest absolute Gasteiger partial charge is 0.435 e. The summed E-state index contributed by atoms with van der Waals surface area (Å²) in [5.74, 6) is -1.46. The molecule has 0 saturated heterocycles. The quantitative estimate of drug-likeness (QED) is 0.939. The Labute approximate surface area is 118 Å². The molecule has 112 valence electrons. The number of carboxylic acids is 1. The summed E-state index contributed by atoms with van der Waals surface area (Å²) >= 11 is 0. The third-order valence-corrected chi connectivity index (χ3v) is 2.98. The van der Waals surface area contributed by atoms with Gasteiger partial charge in [-0.25, -0.2) is 9.48 Å². The number of alkyl halides is 3. The molecule has 1 aromatic heterocycles. The van der Waals surface area contributed by atoms with E-state index in [1.165, 1.54) is 18.2 Å². The number of hydrogen-bond donors (Lipinski definition) is 1. The number of nitrogens with zero attached hydrogens (tertiary/aromatic N) is 2. The highest BCUT2D eigenvalue weighted by Gasteiger charge is 2.35. The fourth-order valence-electron chi connectivity index (χ4n) is 1.98. The highest BCUT2D eigenvalue weighted by Crippen LogP contribution is 2.32. The number of halogens is 3. The lowest BCUT2D eigenvalue weighted by molar-refractivity contribution is -0.141. The highest BCUT2D eigenvalue weighted by atomic mass is 19.4. The molecule has 0 saturated carbocycles. The number of hydrogen-bond acceptors (Lipinski definition) is 2. The number of rotatable bonds is 3. The third kappa shape index (κ3) is 2.91. The Kier molecular flexibility index (Phi) is 3.76. The van der Waals surface area contributed by atoms with E-state index >= 15 is 0 Å². The van der Waals surface area contributed by atoms with E-state index in [0.29, 0.717) is 5.69 Å². The second kappa shape index (κ2) is 5.23. The van der Waals surface area contributed by atoms with Crippen molar-refractivity contribution in [3.8, 4) is 5.69 Å². The summed E-state index contributed by atoms with van der Waals surface area (Å²) in [6.45, 7) is 3.44. The van der Waals surface area contributed by atoms with Crippen molar-refractivity contribution in [2.75, 3.05) is 0 Å². The minimum atomic E-state index is -4.58. The Hall–Kier alpha value is -2.31. The lowest BCUT2D eigenvalue weighted by Crippen LogP contribution is -2.11. The summed E-state index contributed by atoms with van der Waals surface area (Å²) in [5, 5.41) is 12.7. The number of aromatic nitrogens is 2. The molecule has 4 nitrogen and oxygen atoms in total. The predicted octanol–water partition coefficient (Wildman–Crippen LogP) is 3.71. The molecule has 0 aliphatic rings. The molecule has 0 spiro atoms. The average Bonchev–Trinajstić information content (AvgIpc) is 2.83. The normalized spacial score (nSPS) is 11.9. The highest BCUT2D eigenvalue weighted by molar-refractivity contribution is 5.91. The van der Waals surface area contributed by atoms with Gasteiger partial charge in [0.05, 0.1) is 11.3 Å². The summed E-state index contributed by atoms with van der Waals surface area (Å²) in [5.41, 5.74) is -0.720. The monoisotopic (exact) mass is 298 g/mol. The van der Waals surface area contributed by atoms with Crippen LogP contribution in [0.5, 0.6) is 0 Å².